The lowest BCUT2D eigenvalue weighted by Gasteiger charge is -2.32. The van der Waals surface area contributed by atoms with E-state index in [4.69, 9.17) is 14.0 Å². The van der Waals surface area contributed by atoms with Gasteiger partial charge in [-0.25, -0.2) is 4.79 Å². The Bertz CT molecular complexity index is 1090. The van der Waals surface area contributed by atoms with E-state index in [1.54, 1.807) is 19.2 Å². The Hall–Kier alpha value is -2.91. The summed E-state index contributed by atoms with van der Waals surface area (Å²) in [5.74, 6) is 0.551. The molecule has 0 amide bonds. The van der Waals surface area contributed by atoms with Crippen LogP contribution in [0.1, 0.15) is 33.3 Å². The first kappa shape index (κ1) is 20.4. The van der Waals surface area contributed by atoms with E-state index < -0.39 is 7.12 Å². The normalized spacial score (nSPS) is 17.3. The molecule has 0 radical (unpaired) electrons. The number of tetrazole rings is 1. The van der Waals surface area contributed by atoms with Crippen molar-refractivity contribution in [2.24, 2.45) is 7.05 Å². The highest BCUT2D eigenvalue weighted by atomic mass is 16.7. The van der Waals surface area contributed by atoms with Gasteiger partial charge in [-0.3, -0.25) is 0 Å². The zero-order valence-corrected chi connectivity index (χ0v) is 17.8. The van der Waals surface area contributed by atoms with Crippen LogP contribution in [0.2, 0.25) is 0 Å². The fraction of sp³-hybridized carbons (Fsp3) is 0.381. The Balaban J connectivity index is 1.47. The minimum atomic E-state index is -0.394. The minimum Gasteiger partial charge on any atom is -0.487 e. The molecule has 0 N–H and O–H groups in total. The number of aryl methyl sites for hydroxylation is 1. The van der Waals surface area contributed by atoms with Gasteiger partial charge >= 0.3 is 12.8 Å². The third-order valence-electron chi connectivity index (χ3n) is 5.71. The van der Waals surface area contributed by atoms with E-state index in [2.05, 4.69) is 10.4 Å². The van der Waals surface area contributed by atoms with Crippen LogP contribution in [0.3, 0.4) is 0 Å². The maximum absolute atomic E-state index is 12.2. The smallest absolute Gasteiger partial charge is 0.487 e. The van der Waals surface area contributed by atoms with Crippen molar-refractivity contribution < 1.29 is 14.0 Å². The molecule has 2 heterocycles. The van der Waals surface area contributed by atoms with Crippen LogP contribution in [-0.2, 0) is 23.0 Å². The first-order valence-corrected chi connectivity index (χ1v) is 9.84. The molecule has 1 aliphatic rings. The van der Waals surface area contributed by atoms with Crippen LogP contribution in [0.5, 0.6) is 5.75 Å². The number of para-hydroxylation sites is 2. The SMILES string of the molecule is Cn1nnn(-c2ccccc2OCc2ccc(B3OC(C)(C)C(C)(C)O3)cc2)c1=O. The highest BCUT2D eigenvalue weighted by molar-refractivity contribution is 6.62. The number of aromatic nitrogens is 4. The van der Waals surface area contributed by atoms with Gasteiger partial charge in [-0.1, -0.05) is 36.4 Å². The quantitative estimate of drug-likeness (QED) is 0.600. The van der Waals surface area contributed by atoms with Gasteiger partial charge < -0.3 is 14.0 Å². The van der Waals surface area contributed by atoms with Crippen LogP contribution in [0, 0.1) is 0 Å². The van der Waals surface area contributed by atoms with Gasteiger partial charge in [0.2, 0.25) is 0 Å². The topological polar surface area (TPSA) is 80.4 Å². The van der Waals surface area contributed by atoms with Crippen molar-refractivity contribution in [2.75, 3.05) is 0 Å². The standard InChI is InChI=1S/C21H25BN4O4/c1-20(2)21(3,4)30-22(29-20)16-12-10-15(11-13-16)14-28-18-9-7-6-8-17(18)26-19(27)25(5)23-24-26/h6-13H,14H2,1-5H3. The molecule has 0 bridgehead atoms. The lowest BCUT2D eigenvalue weighted by Crippen LogP contribution is -2.41. The van der Waals surface area contributed by atoms with Gasteiger partial charge in [-0.2, -0.15) is 9.36 Å². The van der Waals surface area contributed by atoms with Crippen molar-refractivity contribution in [3.63, 3.8) is 0 Å². The van der Waals surface area contributed by atoms with Crippen molar-refractivity contribution >= 4 is 12.6 Å². The van der Waals surface area contributed by atoms with Crippen LogP contribution < -0.4 is 15.9 Å². The molecule has 0 aliphatic carbocycles. The van der Waals surface area contributed by atoms with E-state index in [0.29, 0.717) is 18.0 Å². The number of hydrogen-bond acceptors (Lipinski definition) is 6. The van der Waals surface area contributed by atoms with E-state index in [9.17, 15) is 4.79 Å². The van der Waals surface area contributed by atoms with Gasteiger partial charge in [-0.05, 0) is 61.3 Å². The van der Waals surface area contributed by atoms with Crippen LogP contribution in [0.25, 0.3) is 5.69 Å². The van der Waals surface area contributed by atoms with Gasteiger partial charge in [0.25, 0.3) is 0 Å². The lowest BCUT2D eigenvalue weighted by molar-refractivity contribution is 0.00578. The fourth-order valence-electron chi connectivity index (χ4n) is 3.13. The maximum Gasteiger partial charge on any atom is 0.494 e. The fourth-order valence-corrected chi connectivity index (χ4v) is 3.13. The summed E-state index contributed by atoms with van der Waals surface area (Å²) in [6.45, 7) is 8.49. The molecule has 9 heteroatoms. The minimum absolute atomic E-state index is 0.335. The molecule has 8 nitrogen and oxygen atoms in total. The molecular weight excluding hydrogens is 383 g/mol. The third kappa shape index (κ3) is 3.66. The van der Waals surface area contributed by atoms with E-state index in [1.165, 1.54) is 9.36 Å². The van der Waals surface area contributed by atoms with E-state index in [0.717, 1.165) is 11.0 Å². The Labute approximate surface area is 175 Å². The van der Waals surface area contributed by atoms with E-state index >= 15 is 0 Å². The molecule has 30 heavy (non-hydrogen) atoms. The van der Waals surface area contributed by atoms with Crippen molar-refractivity contribution in [1.82, 2.24) is 19.8 Å². The second-order valence-electron chi connectivity index (χ2n) is 8.38. The second-order valence-corrected chi connectivity index (χ2v) is 8.38. The predicted octanol–water partition coefficient (Wildman–Crippen LogP) is 1.84. The Kier molecular flexibility index (Phi) is 5.03. The summed E-state index contributed by atoms with van der Waals surface area (Å²) in [6, 6.07) is 15.2. The molecule has 0 unspecified atom stereocenters. The maximum atomic E-state index is 12.2. The summed E-state index contributed by atoms with van der Waals surface area (Å²) < 4.78 is 20.6. The summed E-state index contributed by atoms with van der Waals surface area (Å²) in [5.41, 5.74) is 1.41. The summed E-state index contributed by atoms with van der Waals surface area (Å²) in [7, 11) is 1.16. The molecule has 1 aromatic heterocycles. The third-order valence-corrected chi connectivity index (χ3v) is 5.71. The average molecular weight is 408 g/mol. The first-order chi connectivity index (χ1) is 14.2. The summed E-state index contributed by atoms with van der Waals surface area (Å²) in [4.78, 5) is 12.2. The zero-order chi connectivity index (χ0) is 21.5. The average Bonchev–Trinajstić information content (AvgIpc) is 3.15. The van der Waals surface area contributed by atoms with Gasteiger partial charge in [0.15, 0.2) is 0 Å². The van der Waals surface area contributed by atoms with Gasteiger partial charge in [-0.15, -0.1) is 0 Å². The molecule has 156 valence electrons. The highest BCUT2D eigenvalue weighted by Gasteiger charge is 2.51. The molecular formula is C21H25BN4O4. The number of benzene rings is 2. The molecule has 3 aromatic rings. The molecule has 2 aromatic carbocycles. The largest absolute Gasteiger partial charge is 0.494 e. The van der Waals surface area contributed by atoms with Crippen LogP contribution in [0.4, 0.5) is 0 Å². The molecule has 0 spiro atoms. The highest BCUT2D eigenvalue weighted by Crippen LogP contribution is 2.36. The molecule has 0 saturated carbocycles. The first-order valence-electron chi connectivity index (χ1n) is 9.84. The van der Waals surface area contributed by atoms with Crippen LogP contribution in [-0.4, -0.2) is 38.1 Å². The number of hydrogen-bond donors (Lipinski definition) is 0. The zero-order valence-electron chi connectivity index (χ0n) is 17.8. The molecule has 1 fully saturated rings. The van der Waals surface area contributed by atoms with Gasteiger partial charge in [0.1, 0.15) is 18.0 Å². The molecule has 4 rings (SSSR count). The number of rotatable bonds is 5. The van der Waals surface area contributed by atoms with Crippen molar-refractivity contribution in [3.05, 3.63) is 64.6 Å². The predicted molar refractivity (Wildman–Crippen MR) is 113 cm³/mol. The van der Waals surface area contributed by atoms with Crippen molar-refractivity contribution in [1.29, 1.82) is 0 Å². The Morgan fingerprint density at radius 3 is 2.20 bits per heavy atom. The van der Waals surface area contributed by atoms with Crippen molar-refractivity contribution in [3.8, 4) is 11.4 Å². The number of nitrogens with zero attached hydrogens (tertiary/aromatic N) is 4. The number of ether oxygens (including phenoxy) is 1. The second kappa shape index (κ2) is 7.41. The monoisotopic (exact) mass is 408 g/mol. The van der Waals surface area contributed by atoms with Crippen molar-refractivity contribution in [2.45, 2.75) is 45.5 Å². The lowest BCUT2D eigenvalue weighted by atomic mass is 9.79. The summed E-state index contributed by atoms with van der Waals surface area (Å²) in [6.07, 6.45) is 0. The molecule has 1 aliphatic heterocycles. The van der Waals surface area contributed by atoms with E-state index in [1.807, 2.05) is 64.1 Å². The van der Waals surface area contributed by atoms with Crippen LogP contribution >= 0.6 is 0 Å². The molecule has 0 atom stereocenters. The Morgan fingerprint density at radius 1 is 0.967 bits per heavy atom. The molecule has 1 saturated heterocycles. The Morgan fingerprint density at radius 2 is 1.60 bits per heavy atom. The van der Waals surface area contributed by atoms with E-state index in [-0.39, 0.29) is 16.9 Å². The summed E-state index contributed by atoms with van der Waals surface area (Å²) >= 11 is 0. The van der Waals surface area contributed by atoms with Crippen LogP contribution in [0.15, 0.2) is 53.3 Å². The summed E-state index contributed by atoms with van der Waals surface area (Å²) in [5, 5.41) is 7.65. The van der Waals surface area contributed by atoms with Gasteiger partial charge in [0, 0.05) is 7.05 Å². The van der Waals surface area contributed by atoms with Gasteiger partial charge in [0.05, 0.1) is 11.2 Å².